The second kappa shape index (κ2) is 13.2. The van der Waals surface area contributed by atoms with Crippen LogP contribution in [0.15, 0.2) is 60.7 Å². The van der Waals surface area contributed by atoms with E-state index < -0.39 is 11.2 Å². The SMILES string of the molecule is CC(CCCC[S+]([O-])CCCCC(C)(c1ccccc1)C1COC(=O)C1)(c1ccccc1)C1COC(=O)C1. The number of carbonyl (C=O) groups excluding carboxylic acids is 2. The summed E-state index contributed by atoms with van der Waals surface area (Å²) in [5.41, 5.74) is 2.25. The van der Waals surface area contributed by atoms with Crippen LogP contribution in [0.3, 0.4) is 0 Å². The van der Waals surface area contributed by atoms with Crippen LogP contribution in [-0.4, -0.2) is 41.2 Å². The minimum atomic E-state index is -0.838. The van der Waals surface area contributed by atoms with Crippen molar-refractivity contribution in [1.82, 2.24) is 0 Å². The second-order valence-corrected chi connectivity index (χ2v) is 13.2. The van der Waals surface area contributed by atoms with Gasteiger partial charge in [0.2, 0.25) is 0 Å². The fourth-order valence-electron chi connectivity index (χ4n) is 6.26. The summed E-state index contributed by atoms with van der Waals surface area (Å²) in [6.07, 6.45) is 6.63. The Labute approximate surface area is 230 Å². The molecule has 4 atom stereocenters. The lowest BCUT2D eigenvalue weighted by Crippen LogP contribution is -2.33. The molecule has 6 heteroatoms. The summed E-state index contributed by atoms with van der Waals surface area (Å²) in [7, 11) is 0. The Morgan fingerprint density at radius 3 is 1.45 bits per heavy atom. The largest absolute Gasteiger partial charge is 0.616 e. The van der Waals surface area contributed by atoms with E-state index >= 15 is 0 Å². The van der Waals surface area contributed by atoms with Crippen LogP contribution in [0.25, 0.3) is 0 Å². The predicted molar refractivity (Wildman–Crippen MR) is 151 cm³/mol. The van der Waals surface area contributed by atoms with Gasteiger partial charge < -0.3 is 14.0 Å². The van der Waals surface area contributed by atoms with E-state index in [4.69, 9.17) is 9.47 Å². The Bertz CT molecular complexity index is 961. The standard InChI is InChI=1S/C32H42O5S/c1-31(25-13-5-3-6-14-25,27-21-29(33)36-23-27)17-9-11-19-38(35)20-12-10-18-32(2,26-15-7-4-8-16-26)28-22-30(34)37-24-28/h3-8,13-16,27-28H,9-12,17-24H2,1-2H3. The van der Waals surface area contributed by atoms with E-state index in [0.29, 0.717) is 37.6 Å². The molecule has 5 nitrogen and oxygen atoms in total. The van der Waals surface area contributed by atoms with E-state index in [1.165, 1.54) is 11.1 Å². The highest BCUT2D eigenvalue weighted by Gasteiger charge is 2.42. The Balaban J connectivity index is 1.22. The van der Waals surface area contributed by atoms with Gasteiger partial charge in [0, 0.05) is 11.8 Å². The topological polar surface area (TPSA) is 75.7 Å². The summed E-state index contributed by atoms with van der Waals surface area (Å²) in [6, 6.07) is 20.9. The van der Waals surface area contributed by atoms with Crippen molar-refractivity contribution in [2.75, 3.05) is 24.7 Å². The molecule has 206 valence electrons. The lowest BCUT2D eigenvalue weighted by molar-refractivity contribution is -0.138. The molecule has 2 saturated heterocycles. The summed E-state index contributed by atoms with van der Waals surface area (Å²) in [5.74, 6) is 1.59. The van der Waals surface area contributed by atoms with Crippen molar-refractivity contribution in [1.29, 1.82) is 0 Å². The molecule has 0 aliphatic carbocycles. The van der Waals surface area contributed by atoms with E-state index in [2.05, 4.69) is 62.4 Å². The Hall–Kier alpha value is -2.31. The van der Waals surface area contributed by atoms with Crippen molar-refractivity contribution in [3.05, 3.63) is 71.8 Å². The van der Waals surface area contributed by atoms with Gasteiger partial charge in [-0.25, -0.2) is 0 Å². The number of hydrogen-bond acceptors (Lipinski definition) is 5. The lowest BCUT2D eigenvalue weighted by atomic mass is 9.68. The highest BCUT2D eigenvalue weighted by molar-refractivity contribution is 7.91. The van der Waals surface area contributed by atoms with Gasteiger partial charge in [0.05, 0.1) is 26.1 Å². The summed E-state index contributed by atoms with van der Waals surface area (Å²) in [4.78, 5) is 23.6. The molecule has 2 heterocycles. The van der Waals surface area contributed by atoms with E-state index in [0.717, 1.165) is 38.5 Å². The fourth-order valence-corrected chi connectivity index (χ4v) is 7.52. The van der Waals surface area contributed by atoms with E-state index in [1.807, 2.05) is 12.1 Å². The third-order valence-corrected chi connectivity index (χ3v) is 10.5. The second-order valence-electron chi connectivity index (χ2n) is 11.5. The van der Waals surface area contributed by atoms with Crippen LogP contribution in [0, 0.1) is 11.8 Å². The maximum atomic E-state index is 12.8. The van der Waals surface area contributed by atoms with Crippen molar-refractivity contribution in [2.45, 2.75) is 76.0 Å². The normalized spacial score (nSPS) is 23.3. The molecular weight excluding hydrogens is 496 g/mol. The molecule has 0 bridgehead atoms. The van der Waals surface area contributed by atoms with Crippen LogP contribution in [0.1, 0.15) is 76.3 Å². The first kappa shape index (κ1) is 28.7. The first-order chi connectivity index (χ1) is 18.3. The van der Waals surface area contributed by atoms with Crippen molar-refractivity contribution >= 4 is 23.1 Å². The number of unbranched alkanes of at least 4 members (excludes halogenated alkanes) is 2. The maximum absolute atomic E-state index is 12.8. The third kappa shape index (κ3) is 7.01. The molecule has 0 radical (unpaired) electrons. The molecular formula is C32H42O5S. The lowest BCUT2D eigenvalue weighted by Gasteiger charge is -2.35. The highest BCUT2D eigenvalue weighted by Crippen LogP contribution is 2.42. The molecule has 2 fully saturated rings. The van der Waals surface area contributed by atoms with Crippen molar-refractivity contribution < 1.29 is 23.6 Å². The number of carbonyl (C=O) groups is 2. The Morgan fingerprint density at radius 2 is 1.11 bits per heavy atom. The van der Waals surface area contributed by atoms with Crippen molar-refractivity contribution in [3.8, 4) is 0 Å². The van der Waals surface area contributed by atoms with Crippen LogP contribution in [0.5, 0.6) is 0 Å². The molecule has 0 aromatic heterocycles. The molecule has 0 N–H and O–H groups in total. The molecule has 2 aromatic carbocycles. The van der Waals surface area contributed by atoms with Crippen molar-refractivity contribution in [2.24, 2.45) is 11.8 Å². The average Bonchev–Trinajstić information content (AvgIpc) is 3.58. The molecule has 4 unspecified atom stereocenters. The first-order valence-electron chi connectivity index (χ1n) is 14.1. The molecule has 0 spiro atoms. The number of rotatable bonds is 14. The number of hydrogen-bond donors (Lipinski definition) is 0. The van der Waals surface area contributed by atoms with Gasteiger partial charge in [-0.3, -0.25) is 9.59 Å². The fraction of sp³-hybridized carbons (Fsp3) is 0.562. The molecule has 4 rings (SSSR count). The third-order valence-electron chi connectivity index (χ3n) is 9.02. The zero-order chi connectivity index (χ0) is 27.0. The minimum Gasteiger partial charge on any atom is -0.616 e. The van der Waals surface area contributed by atoms with Crippen molar-refractivity contribution in [3.63, 3.8) is 0 Å². The molecule has 38 heavy (non-hydrogen) atoms. The molecule has 2 aliphatic rings. The van der Waals surface area contributed by atoms with E-state index in [-0.39, 0.29) is 34.6 Å². The quantitative estimate of drug-likeness (QED) is 0.165. The summed E-state index contributed by atoms with van der Waals surface area (Å²) in [6.45, 7) is 5.47. The van der Waals surface area contributed by atoms with Gasteiger partial charge in [-0.1, -0.05) is 85.7 Å². The van der Waals surface area contributed by atoms with Crippen LogP contribution in [0.4, 0.5) is 0 Å². The van der Waals surface area contributed by atoms with Gasteiger partial charge in [0.1, 0.15) is 11.5 Å². The van der Waals surface area contributed by atoms with Gasteiger partial charge in [0.15, 0.2) is 0 Å². The summed E-state index contributed by atoms with van der Waals surface area (Å²) < 4.78 is 23.4. The Morgan fingerprint density at radius 1 is 0.711 bits per heavy atom. The molecule has 2 aliphatic heterocycles. The van der Waals surface area contributed by atoms with Gasteiger partial charge in [0.25, 0.3) is 0 Å². The van der Waals surface area contributed by atoms with Gasteiger partial charge in [-0.15, -0.1) is 0 Å². The predicted octanol–water partition coefficient (Wildman–Crippen LogP) is 6.12. The van der Waals surface area contributed by atoms with Gasteiger partial charge in [-0.2, -0.15) is 0 Å². The first-order valence-corrected chi connectivity index (χ1v) is 15.6. The monoisotopic (exact) mass is 538 g/mol. The number of cyclic esters (lactones) is 2. The van der Waals surface area contributed by atoms with Crippen LogP contribution in [-0.2, 0) is 41.1 Å². The van der Waals surface area contributed by atoms with Gasteiger partial charge >= 0.3 is 11.9 Å². The van der Waals surface area contributed by atoms with E-state index in [1.54, 1.807) is 0 Å². The summed E-state index contributed by atoms with van der Waals surface area (Å²) in [5, 5.41) is 0. The van der Waals surface area contributed by atoms with Crippen LogP contribution >= 0.6 is 0 Å². The zero-order valence-corrected chi connectivity index (χ0v) is 23.7. The molecule has 2 aromatic rings. The zero-order valence-electron chi connectivity index (χ0n) is 22.9. The number of esters is 2. The summed E-state index contributed by atoms with van der Waals surface area (Å²) >= 11 is -0.838. The number of benzene rings is 2. The van der Waals surface area contributed by atoms with Gasteiger partial charge in [-0.05, 0) is 60.5 Å². The molecule has 0 saturated carbocycles. The number of ether oxygens (including phenoxy) is 2. The highest BCUT2D eigenvalue weighted by atomic mass is 32.2. The Kier molecular flexibility index (Phi) is 9.94. The smallest absolute Gasteiger partial charge is 0.306 e. The van der Waals surface area contributed by atoms with Crippen LogP contribution < -0.4 is 0 Å². The average molecular weight is 539 g/mol. The molecule has 0 amide bonds. The maximum Gasteiger partial charge on any atom is 0.306 e. The van der Waals surface area contributed by atoms with E-state index in [9.17, 15) is 14.1 Å². The minimum absolute atomic E-state index is 0.103. The van der Waals surface area contributed by atoms with Crippen LogP contribution in [0.2, 0.25) is 0 Å².